The van der Waals surface area contributed by atoms with Gasteiger partial charge in [0, 0.05) is 22.5 Å². The summed E-state index contributed by atoms with van der Waals surface area (Å²) in [6.45, 7) is 4.43. The molecule has 4 heteroatoms. The fraction of sp³-hybridized carbons (Fsp3) is 0.562. The maximum atomic E-state index is 6.55. The molecule has 0 radical (unpaired) electrons. The third-order valence-electron chi connectivity index (χ3n) is 4.35. The second-order valence-corrected chi connectivity index (χ2v) is 7.29. The summed E-state index contributed by atoms with van der Waals surface area (Å²) in [6.07, 6.45) is 5.64. The van der Waals surface area contributed by atoms with E-state index in [1.165, 1.54) is 18.4 Å². The molecule has 0 amide bonds. The normalized spacial score (nSPS) is 18.2. The van der Waals surface area contributed by atoms with Crippen LogP contribution < -0.4 is 5.73 Å². The number of nitrogens with zero attached hydrogens (tertiary/aromatic N) is 2. The van der Waals surface area contributed by atoms with E-state index in [0.29, 0.717) is 6.04 Å². The fourth-order valence-electron chi connectivity index (χ4n) is 3.39. The van der Waals surface area contributed by atoms with Gasteiger partial charge in [-0.1, -0.05) is 28.8 Å². The number of fused-ring (bicyclic) bond motifs is 1. The van der Waals surface area contributed by atoms with Gasteiger partial charge in [0.05, 0.1) is 11.0 Å². The fourth-order valence-corrected chi connectivity index (χ4v) is 3.74. The van der Waals surface area contributed by atoms with E-state index < -0.39 is 0 Å². The Bertz CT molecular complexity index is 624. The predicted octanol–water partition coefficient (Wildman–Crippen LogP) is 4.19. The van der Waals surface area contributed by atoms with Crippen LogP contribution in [0.15, 0.2) is 22.7 Å². The molecular weight excluding hydrogens is 314 g/mol. The molecule has 0 saturated heterocycles. The molecule has 0 aliphatic heterocycles. The summed E-state index contributed by atoms with van der Waals surface area (Å²) in [6, 6.07) is 6.73. The van der Waals surface area contributed by atoms with Crippen LogP contribution in [0.3, 0.4) is 0 Å². The van der Waals surface area contributed by atoms with Crippen molar-refractivity contribution in [2.45, 2.75) is 57.5 Å². The van der Waals surface area contributed by atoms with Crippen LogP contribution in [0.1, 0.15) is 51.4 Å². The van der Waals surface area contributed by atoms with Gasteiger partial charge in [-0.2, -0.15) is 0 Å². The highest BCUT2D eigenvalue weighted by molar-refractivity contribution is 9.10. The highest BCUT2D eigenvalue weighted by atomic mass is 79.9. The molecule has 2 aromatic rings. The van der Waals surface area contributed by atoms with Crippen LogP contribution in [-0.4, -0.2) is 15.1 Å². The van der Waals surface area contributed by atoms with Gasteiger partial charge in [-0.3, -0.25) is 0 Å². The number of nitrogens with two attached hydrogens (primary N) is 1. The molecule has 3 nitrogen and oxygen atoms in total. The van der Waals surface area contributed by atoms with E-state index in [4.69, 9.17) is 10.7 Å². The zero-order valence-corrected chi connectivity index (χ0v) is 13.8. The van der Waals surface area contributed by atoms with Gasteiger partial charge >= 0.3 is 0 Å². The second kappa shape index (κ2) is 5.15. The average molecular weight is 336 g/mol. The van der Waals surface area contributed by atoms with Crippen LogP contribution in [0.5, 0.6) is 0 Å². The third-order valence-corrected chi connectivity index (χ3v) is 4.84. The molecule has 1 heterocycles. The van der Waals surface area contributed by atoms with Crippen LogP contribution in [0.4, 0.5) is 0 Å². The van der Waals surface area contributed by atoms with Gasteiger partial charge in [0.2, 0.25) is 0 Å². The maximum absolute atomic E-state index is 6.55. The topological polar surface area (TPSA) is 43.8 Å². The van der Waals surface area contributed by atoms with Gasteiger partial charge in [0.1, 0.15) is 5.82 Å². The first kappa shape index (κ1) is 14.1. The lowest BCUT2D eigenvalue weighted by Gasteiger charge is -2.24. The molecule has 20 heavy (non-hydrogen) atoms. The molecule has 1 aromatic carbocycles. The summed E-state index contributed by atoms with van der Waals surface area (Å²) in [5.41, 5.74) is 8.77. The maximum Gasteiger partial charge on any atom is 0.111 e. The number of imidazole rings is 1. The Kier molecular flexibility index (Phi) is 3.63. The van der Waals surface area contributed by atoms with Crippen molar-refractivity contribution >= 4 is 27.0 Å². The Morgan fingerprint density at radius 3 is 2.70 bits per heavy atom. The largest absolute Gasteiger partial charge is 0.325 e. The smallest absolute Gasteiger partial charge is 0.111 e. The van der Waals surface area contributed by atoms with Crippen molar-refractivity contribution < 1.29 is 0 Å². The Hall–Kier alpha value is -0.870. The Balaban J connectivity index is 2.07. The number of hydrogen-bond donors (Lipinski definition) is 1. The van der Waals surface area contributed by atoms with E-state index in [-0.39, 0.29) is 5.54 Å². The highest BCUT2D eigenvalue weighted by Crippen LogP contribution is 2.32. The van der Waals surface area contributed by atoms with Crippen molar-refractivity contribution in [2.24, 2.45) is 5.73 Å². The SMILES string of the molecule is CC(C)n1c(CC2(N)CCCC2)nc2cc(Br)ccc21. The highest BCUT2D eigenvalue weighted by Gasteiger charge is 2.31. The number of aromatic nitrogens is 2. The monoisotopic (exact) mass is 335 g/mol. The van der Waals surface area contributed by atoms with Crippen LogP contribution in [0, 0.1) is 0 Å². The number of benzene rings is 1. The van der Waals surface area contributed by atoms with Gasteiger partial charge < -0.3 is 10.3 Å². The van der Waals surface area contributed by atoms with Crippen LogP contribution >= 0.6 is 15.9 Å². The van der Waals surface area contributed by atoms with E-state index in [2.05, 4.69) is 52.5 Å². The van der Waals surface area contributed by atoms with Crippen LogP contribution in [-0.2, 0) is 6.42 Å². The van der Waals surface area contributed by atoms with Crippen molar-refractivity contribution in [3.05, 3.63) is 28.5 Å². The molecule has 0 spiro atoms. The lowest BCUT2D eigenvalue weighted by Crippen LogP contribution is -2.39. The first-order chi connectivity index (χ1) is 9.48. The number of halogens is 1. The van der Waals surface area contributed by atoms with Crippen molar-refractivity contribution in [1.82, 2.24) is 9.55 Å². The van der Waals surface area contributed by atoms with E-state index in [9.17, 15) is 0 Å². The second-order valence-electron chi connectivity index (χ2n) is 6.37. The molecule has 1 aliphatic carbocycles. The molecule has 1 fully saturated rings. The molecule has 0 unspecified atom stereocenters. The summed E-state index contributed by atoms with van der Waals surface area (Å²) in [5, 5.41) is 0. The van der Waals surface area contributed by atoms with E-state index in [1.807, 2.05) is 0 Å². The summed E-state index contributed by atoms with van der Waals surface area (Å²) >= 11 is 3.53. The van der Waals surface area contributed by atoms with Crippen LogP contribution in [0.25, 0.3) is 11.0 Å². The van der Waals surface area contributed by atoms with Gasteiger partial charge in [-0.15, -0.1) is 0 Å². The molecule has 0 atom stereocenters. The summed E-state index contributed by atoms with van der Waals surface area (Å²) in [7, 11) is 0. The van der Waals surface area contributed by atoms with Crippen molar-refractivity contribution in [3.63, 3.8) is 0 Å². The van der Waals surface area contributed by atoms with E-state index in [0.717, 1.165) is 35.1 Å². The summed E-state index contributed by atoms with van der Waals surface area (Å²) < 4.78 is 3.42. The average Bonchev–Trinajstić information content (AvgIpc) is 2.92. The van der Waals surface area contributed by atoms with E-state index >= 15 is 0 Å². The minimum atomic E-state index is -0.0503. The minimum Gasteiger partial charge on any atom is -0.325 e. The summed E-state index contributed by atoms with van der Waals surface area (Å²) in [5.74, 6) is 1.14. The molecule has 1 saturated carbocycles. The minimum absolute atomic E-state index is 0.0503. The lowest BCUT2D eigenvalue weighted by atomic mass is 9.94. The van der Waals surface area contributed by atoms with Crippen LogP contribution in [0.2, 0.25) is 0 Å². The Morgan fingerprint density at radius 1 is 1.35 bits per heavy atom. The van der Waals surface area contributed by atoms with E-state index in [1.54, 1.807) is 0 Å². The molecule has 1 aromatic heterocycles. The molecule has 1 aliphatic rings. The third kappa shape index (κ3) is 2.51. The Labute approximate surface area is 128 Å². The van der Waals surface area contributed by atoms with Gasteiger partial charge in [-0.05, 0) is 44.9 Å². The molecular formula is C16H22BrN3. The number of hydrogen-bond acceptors (Lipinski definition) is 2. The summed E-state index contributed by atoms with van der Waals surface area (Å²) in [4.78, 5) is 4.86. The van der Waals surface area contributed by atoms with Gasteiger partial charge in [0.25, 0.3) is 0 Å². The molecule has 0 bridgehead atoms. The van der Waals surface area contributed by atoms with Crippen molar-refractivity contribution in [1.29, 1.82) is 0 Å². The quantitative estimate of drug-likeness (QED) is 0.913. The van der Waals surface area contributed by atoms with Crippen molar-refractivity contribution in [3.8, 4) is 0 Å². The first-order valence-corrected chi connectivity index (χ1v) is 8.23. The predicted molar refractivity (Wildman–Crippen MR) is 86.9 cm³/mol. The molecule has 108 valence electrons. The first-order valence-electron chi connectivity index (χ1n) is 7.44. The Morgan fingerprint density at radius 2 is 2.05 bits per heavy atom. The molecule has 2 N–H and O–H groups in total. The molecule has 3 rings (SSSR count). The van der Waals surface area contributed by atoms with Crippen molar-refractivity contribution in [2.75, 3.05) is 0 Å². The number of rotatable bonds is 3. The zero-order chi connectivity index (χ0) is 14.3. The van der Waals surface area contributed by atoms with Gasteiger partial charge in [0.15, 0.2) is 0 Å². The lowest BCUT2D eigenvalue weighted by molar-refractivity contribution is 0.413. The zero-order valence-electron chi connectivity index (χ0n) is 12.2. The van der Waals surface area contributed by atoms with Gasteiger partial charge in [-0.25, -0.2) is 4.98 Å². The standard InChI is InChI=1S/C16H22BrN3/c1-11(2)20-14-6-5-12(17)9-13(14)19-15(20)10-16(18)7-3-4-8-16/h5-6,9,11H,3-4,7-8,10,18H2,1-2H3.